The van der Waals surface area contributed by atoms with Crippen LogP contribution in [-0.2, 0) is 18.5 Å². The molecule has 7 heteroatoms. The first-order chi connectivity index (χ1) is 8.12. The highest BCUT2D eigenvalue weighted by Gasteiger charge is 2.22. The normalized spacial score (nSPS) is 11.9. The van der Waals surface area contributed by atoms with E-state index in [2.05, 4.69) is 0 Å². The second-order valence-corrected chi connectivity index (χ2v) is 5.78. The highest BCUT2D eigenvalue weighted by molar-refractivity contribution is 7.47. The zero-order valence-corrected chi connectivity index (χ0v) is 12.3. The Balaban J connectivity index is 3.42. The lowest BCUT2D eigenvalue weighted by atomic mass is 10.3. The first-order valence-corrected chi connectivity index (χ1v) is 8.37. The predicted molar refractivity (Wildman–Crippen MR) is 69.3 cm³/mol. The van der Waals surface area contributed by atoms with Crippen molar-refractivity contribution in [1.82, 2.24) is 0 Å². The second kappa shape index (κ2) is 11.8. The third-order valence-electron chi connectivity index (χ3n) is 2.05. The van der Waals surface area contributed by atoms with Gasteiger partial charge in [-0.3, -0.25) is 9.05 Å². The summed E-state index contributed by atoms with van der Waals surface area (Å²) in [6.07, 6.45) is 4.81. The third-order valence-corrected chi connectivity index (χ3v) is 3.59. The molecule has 0 aliphatic carbocycles. The summed E-state index contributed by atoms with van der Waals surface area (Å²) in [6, 6.07) is 0. The maximum absolute atomic E-state index is 11.2. The lowest BCUT2D eigenvalue weighted by molar-refractivity contribution is 0.125. The van der Waals surface area contributed by atoms with Gasteiger partial charge in [-0.15, -0.1) is 28.1 Å². The number of halogens is 2. The third kappa shape index (κ3) is 12.9. The van der Waals surface area contributed by atoms with Gasteiger partial charge in [0.05, 0.1) is 13.2 Å². The monoisotopic (exact) mass is 305 g/mol. The number of alkyl halides is 2. The van der Waals surface area contributed by atoms with E-state index in [0.29, 0.717) is 24.6 Å². The number of hydrogen-bond donors (Lipinski definition) is 0. The van der Waals surface area contributed by atoms with E-state index in [0.717, 1.165) is 25.7 Å². The maximum atomic E-state index is 11.2. The molecule has 0 amide bonds. The van der Waals surface area contributed by atoms with Crippen LogP contribution in [0, 0.1) is 0 Å². The Morgan fingerprint density at radius 2 is 1.18 bits per heavy atom. The van der Waals surface area contributed by atoms with Gasteiger partial charge >= 0.3 is 7.82 Å². The minimum absolute atomic E-state index is 0.166. The summed E-state index contributed by atoms with van der Waals surface area (Å²) in [5.74, 6) is 1.18. The van der Waals surface area contributed by atoms with Crippen LogP contribution < -0.4 is 0 Å². The topological polar surface area (TPSA) is 55.4 Å². The van der Waals surface area contributed by atoms with E-state index in [4.69, 9.17) is 32.2 Å². The molecule has 0 bridgehead atoms. The summed E-state index contributed by atoms with van der Waals surface area (Å²) >= 11 is 11.0. The van der Waals surface area contributed by atoms with E-state index >= 15 is 0 Å². The predicted octanol–water partition coefficient (Wildman–Crippen LogP) is 4.38. The Labute approximate surface area is 113 Å². The summed E-state index contributed by atoms with van der Waals surface area (Å²) in [6.45, 7) is 0.332. The van der Waals surface area contributed by atoms with E-state index in [-0.39, 0.29) is 13.2 Å². The zero-order valence-electron chi connectivity index (χ0n) is 9.91. The lowest BCUT2D eigenvalue weighted by Gasteiger charge is -2.09. The van der Waals surface area contributed by atoms with Crippen LogP contribution in [0.5, 0.6) is 0 Å². The first kappa shape index (κ1) is 17.7. The average Bonchev–Trinajstić information content (AvgIpc) is 2.28. The number of rotatable bonds is 12. The Kier molecular flexibility index (Phi) is 12.2. The molecule has 17 heavy (non-hydrogen) atoms. The summed E-state index contributed by atoms with van der Waals surface area (Å²) in [7, 11) is -4.11. The smallest absolute Gasteiger partial charge is 0.285 e. The largest absolute Gasteiger partial charge is 0.502 e. The summed E-state index contributed by atoms with van der Waals surface area (Å²) in [5, 5.41) is 0. The number of hydrogen-bond acceptors (Lipinski definition) is 3. The molecule has 0 aromatic heterocycles. The fourth-order valence-corrected chi connectivity index (χ4v) is 2.29. The molecule has 0 saturated carbocycles. The molecule has 0 aromatic carbocycles. The van der Waals surface area contributed by atoms with Gasteiger partial charge in [0, 0.05) is 11.8 Å². The van der Waals surface area contributed by atoms with Crippen LogP contribution >= 0.6 is 31.0 Å². The molecule has 1 radical (unpaired) electrons. The highest BCUT2D eigenvalue weighted by Crippen LogP contribution is 2.44. The van der Waals surface area contributed by atoms with Crippen LogP contribution in [0.25, 0.3) is 0 Å². The molecule has 0 unspecified atom stereocenters. The van der Waals surface area contributed by atoms with Crippen LogP contribution in [-0.4, -0.2) is 25.0 Å². The van der Waals surface area contributed by atoms with E-state index in [1.807, 2.05) is 0 Å². The van der Waals surface area contributed by atoms with E-state index in [9.17, 15) is 9.46 Å². The zero-order chi connectivity index (χ0) is 13.0. The lowest BCUT2D eigenvalue weighted by Crippen LogP contribution is -1.98. The minimum Gasteiger partial charge on any atom is -0.285 e. The Hall–Kier alpha value is 0.690. The highest BCUT2D eigenvalue weighted by atomic mass is 35.5. The molecule has 0 rings (SSSR count). The molecule has 0 N–H and O–H groups in total. The van der Waals surface area contributed by atoms with Crippen molar-refractivity contribution >= 4 is 31.0 Å². The Bertz CT molecular complexity index is 198. The second-order valence-electron chi connectivity index (χ2n) is 3.61. The van der Waals surface area contributed by atoms with Crippen molar-refractivity contribution in [1.29, 1.82) is 0 Å². The van der Waals surface area contributed by atoms with Crippen molar-refractivity contribution in [2.45, 2.75) is 38.5 Å². The van der Waals surface area contributed by atoms with Crippen molar-refractivity contribution < 1.29 is 18.5 Å². The van der Waals surface area contributed by atoms with Gasteiger partial charge in [0.2, 0.25) is 0 Å². The van der Waals surface area contributed by atoms with Gasteiger partial charge in [-0.05, 0) is 38.5 Å². The van der Waals surface area contributed by atoms with Crippen LogP contribution in [0.2, 0.25) is 0 Å². The average molecular weight is 306 g/mol. The van der Waals surface area contributed by atoms with Crippen LogP contribution in [0.4, 0.5) is 0 Å². The van der Waals surface area contributed by atoms with Gasteiger partial charge in [-0.25, -0.2) is 4.57 Å². The van der Waals surface area contributed by atoms with Gasteiger partial charge in [-0.1, -0.05) is 0 Å². The van der Waals surface area contributed by atoms with Gasteiger partial charge in [0.25, 0.3) is 0 Å². The molecule has 0 spiro atoms. The molecule has 0 aliphatic rings. The summed E-state index contributed by atoms with van der Waals surface area (Å²) in [5.41, 5.74) is 0. The van der Waals surface area contributed by atoms with Crippen molar-refractivity contribution in [3.05, 3.63) is 0 Å². The van der Waals surface area contributed by atoms with Crippen molar-refractivity contribution in [2.24, 2.45) is 0 Å². The van der Waals surface area contributed by atoms with E-state index in [1.165, 1.54) is 0 Å². The Morgan fingerprint density at radius 1 is 0.765 bits per heavy atom. The van der Waals surface area contributed by atoms with Crippen molar-refractivity contribution in [3.8, 4) is 0 Å². The summed E-state index contributed by atoms with van der Waals surface area (Å²) in [4.78, 5) is 11.2. The molecule has 0 saturated heterocycles. The van der Waals surface area contributed by atoms with Crippen LogP contribution in [0.3, 0.4) is 0 Å². The minimum atomic E-state index is -4.11. The fraction of sp³-hybridized carbons (Fsp3) is 1.00. The van der Waals surface area contributed by atoms with Crippen molar-refractivity contribution in [2.75, 3.05) is 25.0 Å². The standard InChI is InChI=1S/C10H20Cl2O4P/c11-7-3-1-5-9-15-17(13,14)16-10-6-2-4-8-12/h1-10H2. The van der Waals surface area contributed by atoms with Gasteiger partial charge in [0.1, 0.15) is 0 Å². The molecule has 0 atom stereocenters. The van der Waals surface area contributed by atoms with Crippen LogP contribution in [0.1, 0.15) is 38.5 Å². The molecule has 0 heterocycles. The maximum Gasteiger partial charge on any atom is 0.502 e. The first-order valence-electron chi connectivity index (χ1n) is 5.84. The van der Waals surface area contributed by atoms with E-state index in [1.54, 1.807) is 0 Å². The SMILES string of the molecule is [O]P(=O)(OCCCCCCl)OCCCCCCl. The molecule has 103 valence electrons. The van der Waals surface area contributed by atoms with Gasteiger partial charge in [0.15, 0.2) is 0 Å². The molecule has 0 aliphatic heterocycles. The molecular weight excluding hydrogens is 286 g/mol. The van der Waals surface area contributed by atoms with Crippen molar-refractivity contribution in [3.63, 3.8) is 0 Å². The van der Waals surface area contributed by atoms with Gasteiger partial charge < -0.3 is 0 Å². The molecule has 4 nitrogen and oxygen atoms in total. The molecule has 0 aromatic rings. The van der Waals surface area contributed by atoms with Crippen LogP contribution in [0.15, 0.2) is 0 Å². The fourth-order valence-electron chi connectivity index (χ4n) is 1.14. The summed E-state index contributed by atoms with van der Waals surface area (Å²) < 4.78 is 20.6. The molecule has 0 fully saturated rings. The number of unbranched alkanes of at least 4 members (excludes halogenated alkanes) is 4. The van der Waals surface area contributed by atoms with E-state index < -0.39 is 7.82 Å². The molecular formula is C10H20Cl2O4P. The Morgan fingerprint density at radius 3 is 1.53 bits per heavy atom. The van der Waals surface area contributed by atoms with Gasteiger partial charge in [-0.2, -0.15) is 0 Å². The quantitative estimate of drug-likeness (QED) is 0.305.